The largest absolute Gasteiger partial charge is 0.392 e. The van der Waals surface area contributed by atoms with E-state index in [-0.39, 0.29) is 11.5 Å². The zero-order chi connectivity index (χ0) is 10.1. The van der Waals surface area contributed by atoms with Gasteiger partial charge in [0.05, 0.1) is 6.61 Å². The highest BCUT2D eigenvalue weighted by Gasteiger charge is 2.13. The van der Waals surface area contributed by atoms with Crippen molar-refractivity contribution in [3.8, 4) is 0 Å². The van der Waals surface area contributed by atoms with E-state index in [1.165, 1.54) is 6.07 Å². The van der Waals surface area contributed by atoms with Crippen LogP contribution >= 0.6 is 0 Å². The molecule has 72 valence electrons. The highest BCUT2D eigenvalue weighted by atomic mass is 32.2. The zero-order valence-corrected chi connectivity index (χ0v) is 7.81. The molecule has 0 aliphatic heterocycles. The number of hydrogen-bond acceptors (Lipinski definition) is 3. The van der Waals surface area contributed by atoms with Crippen molar-refractivity contribution >= 4 is 9.84 Å². The first kappa shape index (κ1) is 10.1. The average Bonchev–Trinajstić information content (AvgIpc) is 2.03. The Hall–Kier alpha value is -0.940. The van der Waals surface area contributed by atoms with Crippen LogP contribution in [0.1, 0.15) is 5.56 Å². The van der Waals surface area contributed by atoms with Gasteiger partial charge in [-0.15, -0.1) is 0 Å². The van der Waals surface area contributed by atoms with E-state index in [2.05, 4.69) is 0 Å². The molecule has 0 spiro atoms. The predicted molar refractivity (Wildman–Crippen MR) is 45.4 cm³/mol. The van der Waals surface area contributed by atoms with E-state index in [0.29, 0.717) is 5.56 Å². The van der Waals surface area contributed by atoms with Crippen molar-refractivity contribution in [3.05, 3.63) is 29.6 Å². The van der Waals surface area contributed by atoms with Crippen LogP contribution in [0.2, 0.25) is 0 Å². The molecule has 3 nitrogen and oxygen atoms in total. The highest BCUT2D eigenvalue weighted by molar-refractivity contribution is 7.90. The van der Waals surface area contributed by atoms with E-state index in [9.17, 15) is 12.8 Å². The van der Waals surface area contributed by atoms with Gasteiger partial charge in [-0.2, -0.15) is 0 Å². The van der Waals surface area contributed by atoms with Gasteiger partial charge in [-0.1, -0.05) is 6.07 Å². The zero-order valence-electron chi connectivity index (χ0n) is 6.99. The van der Waals surface area contributed by atoms with Crippen molar-refractivity contribution < 1.29 is 17.9 Å². The molecule has 1 aromatic rings. The van der Waals surface area contributed by atoms with Crippen LogP contribution in [-0.4, -0.2) is 19.8 Å². The molecule has 0 aromatic heterocycles. The molecule has 0 bridgehead atoms. The first-order valence-electron chi connectivity index (χ1n) is 3.54. The summed E-state index contributed by atoms with van der Waals surface area (Å²) in [5, 5.41) is 8.70. The van der Waals surface area contributed by atoms with Crippen LogP contribution in [0.5, 0.6) is 0 Å². The molecular formula is C8H9FO3S. The highest BCUT2D eigenvalue weighted by Crippen LogP contribution is 2.15. The van der Waals surface area contributed by atoms with Crippen LogP contribution in [0.25, 0.3) is 0 Å². The second kappa shape index (κ2) is 3.43. The van der Waals surface area contributed by atoms with E-state index < -0.39 is 15.7 Å². The smallest absolute Gasteiger partial charge is 0.178 e. The molecule has 1 rings (SSSR count). The van der Waals surface area contributed by atoms with Crippen molar-refractivity contribution in [1.82, 2.24) is 0 Å². The molecule has 0 radical (unpaired) electrons. The molecule has 0 saturated carbocycles. The Morgan fingerprint density at radius 3 is 2.54 bits per heavy atom. The van der Waals surface area contributed by atoms with Gasteiger partial charge in [0, 0.05) is 6.26 Å². The van der Waals surface area contributed by atoms with Crippen LogP contribution in [0.4, 0.5) is 4.39 Å². The Bertz CT molecular complexity index is 411. The van der Waals surface area contributed by atoms with Crippen molar-refractivity contribution in [2.75, 3.05) is 6.26 Å². The molecule has 1 N–H and O–H groups in total. The summed E-state index contributed by atoms with van der Waals surface area (Å²) in [5.74, 6) is -0.792. The number of rotatable bonds is 2. The van der Waals surface area contributed by atoms with E-state index >= 15 is 0 Å². The summed E-state index contributed by atoms with van der Waals surface area (Å²) in [7, 11) is -3.55. The standard InChI is InChI=1S/C8H9FO3S/c1-13(11,12)8-4-6(5-10)2-3-7(8)9/h2-4,10H,5H2,1H3. The lowest BCUT2D eigenvalue weighted by atomic mass is 10.2. The fourth-order valence-corrected chi connectivity index (χ4v) is 1.72. The van der Waals surface area contributed by atoms with Gasteiger partial charge >= 0.3 is 0 Å². The lowest BCUT2D eigenvalue weighted by molar-refractivity contribution is 0.281. The molecule has 5 heteroatoms. The second-order valence-electron chi connectivity index (χ2n) is 2.70. The Morgan fingerprint density at radius 2 is 2.08 bits per heavy atom. The number of aliphatic hydroxyl groups is 1. The maximum absolute atomic E-state index is 12.9. The van der Waals surface area contributed by atoms with Crippen LogP contribution in [0.3, 0.4) is 0 Å². The predicted octanol–water partition coefficient (Wildman–Crippen LogP) is 0.722. The first-order valence-corrected chi connectivity index (χ1v) is 5.43. The maximum atomic E-state index is 12.9. The number of benzene rings is 1. The first-order chi connectivity index (χ1) is 5.95. The third-order valence-corrected chi connectivity index (χ3v) is 2.69. The monoisotopic (exact) mass is 204 g/mol. The van der Waals surface area contributed by atoms with Gasteiger partial charge in [-0.25, -0.2) is 12.8 Å². The van der Waals surface area contributed by atoms with Crippen LogP contribution in [0, 0.1) is 5.82 Å². The Kier molecular flexibility index (Phi) is 2.68. The number of aliphatic hydroxyl groups excluding tert-OH is 1. The van der Waals surface area contributed by atoms with Gasteiger partial charge in [0.1, 0.15) is 10.7 Å². The third-order valence-electron chi connectivity index (χ3n) is 1.58. The summed E-state index contributed by atoms with van der Waals surface area (Å²) in [6.45, 7) is -0.303. The molecule has 0 fully saturated rings. The molecule has 0 aliphatic carbocycles. The lowest BCUT2D eigenvalue weighted by Gasteiger charge is -2.02. The van der Waals surface area contributed by atoms with Gasteiger partial charge in [-0.3, -0.25) is 0 Å². The van der Waals surface area contributed by atoms with E-state index in [1.807, 2.05) is 0 Å². The van der Waals surface area contributed by atoms with Crippen molar-refractivity contribution in [3.63, 3.8) is 0 Å². The minimum Gasteiger partial charge on any atom is -0.392 e. The molecule has 0 atom stereocenters. The molecule has 0 heterocycles. The Morgan fingerprint density at radius 1 is 1.46 bits per heavy atom. The van der Waals surface area contributed by atoms with Crippen molar-refractivity contribution in [1.29, 1.82) is 0 Å². The minimum atomic E-state index is -3.55. The van der Waals surface area contributed by atoms with Gasteiger partial charge in [0.2, 0.25) is 0 Å². The van der Waals surface area contributed by atoms with E-state index in [0.717, 1.165) is 18.4 Å². The molecular weight excluding hydrogens is 195 g/mol. The number of hydrogen-bond donors (Lipinski definition) is 1. The fourth-order valence-electron chi connectivity index (χ4n) is 0.930. The summed E-state index contributed by atoms with van der Waals surface area (Å²) < 4.78 is 34.9. The fraction of sp³-hybridized carbons (Fsp3) is 0.250. The van der Waals surface area contributed by atoms with E-state index in [4.69, 9.17) is 5.11 Å². The SMILES string of the molecule is CS(=O)(=O)c1cc(CO)ccc1F. The quantitative estimate of drug-likeness (QED) is 0.772. The molecule has 0 saturated heterocycles. The summed E-state index contributed by atoms with van der Waals surface area (Å²) in [5.41, 5.74) is 0.377. The van der Waals surface area contributed by atoms with Crippen LogP contribution in [-0.2, 0) is 16.4 Å². The lowest BCUT2D eigenvalue weighted by Crippen LogP contribution is -2.01. The minimum absolute atomic E-state index is 0.303. The van der Waals surface area contributed by atoms with Crippen molar-refractivity contribution in [2.24, 2.45) is 0 Å². The van der Waals surface area contributed by atoms with Crippen LogP contribution in [0.15, 0.2) is 23.1 Å². The summed E-state index contributed by atoms with van der Waals surface area (Å²) in [6.07, 6.45) is 0.923. The second-order valence-corrected chi connectivity index (χ2v) is 4.68. The molecule has 0 unspecified atom stereocenters. The molecule has 0 amide bonds. The topological polar surface area (TPSA) is 54.4 Å². The van der Waals surface area contributed by atoms with Gasteiger partial charge < -0.3 is 5.11 Å². The molecule has 0 aliphatic rings. The van der Waals surface area contributed by atoms with E-state index in [1.54, 1.807) is 0 Å². The van der Waals surface area contributed by atoms with Gasteiger partial charge in [-0.05, 0) is 17.7 Å². The maximum Gasteiger partial charge on any atom is 0.178 e. The molecule has 13 heavy (non-hydrogen) atoms. The summed E-state index contributed by atoms with van der Waals surface area (Å²) in [4.78, 5) is -0.376. The number of sulfone groups is 1. The van der Waals surface area contributed by atoms with Crippen molar-refractivity contribution in [2.45, 2.75) is 11.5 Å². The number of halogens is 1. The van der Waals surface area contributed by atoms with Gasteiger partial charge in [0.25, 0.3) is 0 Å². The normalized spacial score (nSPS) is 11.6. The third kappa shape index (κ3) is 2.26. The summed E-state index contributed by atoms with van der Waals surface area (Å²) in [6, 6.07) is 3.50. The van der Waals surface area contributed by atoms with Gasteiger partial charge in [0.15, 0.2) is 9.84 Å². The molecule has 1 aromatic carbocycles. The summed E-state index contributed by atoms with van der Waals surface area (Å²) >= 11 is 0. The Balaban J connectivity index is 3.36. The Labute approximate surface area is 75.7 Å². The average molecular weight is 204 g/mol. The van der Waals surface area contributed by atoms with Crippen LogP contribution < -0.4 is 0 Å².